The van der Waals surface area contributed by atoms with E-state index < -0.39 is 5.82 Å². The molecule has 3 nitrogen and oxygen atoms in total. The predicted molar refractivity (Wildman–Crippen MR) is 81.6 cm³/mol. The molecule has 0 bridgehead atoms. The molecule has 1 aromatic heterocycles. The summed E-state index contributed by atoms with van der Waals surface area (Å²) in [7, 11) is 0. The minimum absolute atomic E-state index is 0.0406. The van der Waals surface area contributed by atoms with Crippen LogP contribution in [0.4, 0.5) is 10.1 Å². The number of pyridine rings is 1. The molecule has 1 heterocycles. The molecule has 3 rings (SSSR count). The van der Waals surface area contributed by atoms with Crippen LogP contribution in [0, 0.1) is 11.7 Å². The highest BCUT2D eigenvalue weighted by Crippen LogP contribution is 2.37. The molecule has 4 heteroatoms. The molecular weight excluding hydrogens is 267 g/mol. The first kappa shape index (κ1) is 13.9. The topological polar surface area (TPSA) is 48.0 Å². The lowest BCUT2D eigenvalue weighted by Gasteiger charge is -2.21. The third kappa shape index (κ3) is 3.15. The van der Waals surface area contributed by atoms with Crippen LogP contribution in [0.3, 0.4) is 0 Å². The standard InChI is InChI=1S/C17H19FN2O/c18-14-8-7-13(11-15(14)19)16(9-6-12-4-5-12)20-10-2-1-3-17(20)21/h1-3,7-8,10-12,16H,4-6,9,19H2. The van der Waals surface area contributed by atoms with E-state index in [-0.39, 0.29) is 17.3 Å². The maximum atomic E-state index is 13.4. The van der Waals surface area contributed by atoms with Gasteiger partial charge in [0.25, 0.3) is 5.56 Å². The van der Waals surface area contributed by atoms with Crippen LogP contribution in [0.5, 0.6) is 0 Å². The Kier molecular flexibility index (Phi) is 3.78. The van der Waals surface area contributed by atoms with Gasteiger partial charge < -0.3 is 10.3 Å². The highest BCUT2D eigenvalue weighted by molar-refractivity contribution is 5.43. The maximum absolute atomic E-state index is 13.4. The largest absolute Gasteiger partial charge is 0.396 e. The minimum atomic E-state index is -0.417. The summed E-state index contributed by atoms with van der Waals surface area (Å²) in [6, 6.07) is 9.80. The molecule has 0 aliphatic heterocycles. The molecule has 1 aromatic carbocycles. The van der Waals surface area contributed by atoms with Crippen molar-refractivity contribution in [3.05, 3.63) is 64.3 Å². The van der Waals surface area contributed by atoms with Crippen LogP contribution < -0.4 is 11.3 Å². The number of hydrogen-bond acceptors (Lipinski definition) is 2. The normalized spacial score (nSPS) is 15.9. The fraction of sp³-hybridized carbons (Fsp3) is 0.353. The fourth-order valence-electron chi connectivity index (χ4n) is 2.73. The van der Waals surface area contributed by atoms with E-state index in [9.17, 15) is 9.18 Å². The summed E-state index contributed by atoms with van der Waals surface area (Å²) >= 11 is 0. The second-order valence-electron chi connectivity index (χ2n) is 5.76. The molecule has 1 atom stereocenters. The minimum Gasteiger partial charge on any atom is -0.396 e. The van der Waals surface area contributed by atoms with Crippen molar-refractivity contribution in [1.82, 2.24) is 4.57 Å². The summed E-state index contributed by atoms with van der Waals surface area (Å²) in [6.07, 6.45) is 6.31. The zero-order valence-corrected chi connectivity index (χ0v) is 11.8. The monoisotopic (exact) mass is 286 g/mol. The summed E-state index contributed by atoms with van der Waals surface area (Å²) < 4.78 is 15.1. The number of nitrogens with two attached hydrogens (primary N) is 1. The van der Waals surface area contributed by atoms with Crippen LogP contribution >= 0.6 is 0 Å². The number of nitrogens with zero attached hydrogens (tertiary/aromatic N) is 1. The Morgan fingerprint density at radius 3 is 2.76 bits per heavy atom. The van der Waals surface area contributed by atoms with Crippen LogP contribution in [0.25, 0.3) is 0 Å². The Morgan fingerprint density at radius 2 is 2.10 bits per heavy atom. The van der Waals surface area contributed by atoms with E-state index in [1.54, 1.807) is 35.0 Å². The van der Waals surface area contributed by atoms with Crippen molar-refractivity contribution in [2.24, 2.45) is 5.92 Å². The molecule has 2 N–H and O–H groups in total. The molecule has 1 fully saturated rings. The lowest BCUT2D eigenvalue weighted by Crippen LogP contribution is -2.24. The van der Waals surface area contributed by atoms with Gasteiger partial charge in [-0.1, -0.05) is 25.0 Å². The Hall–Kier alpha value is -2.10. The van der Waals surface area contributed by atoms with Crippen LogP contribution in [-0.2, 0) is 0 Å². The van der Waals surface area contributed by atoms with E-state index in [1.807, 2.05) is 6.07 Å². The zero-order chi connectivity index (χ0) is 14.8. The molecule has 0 amide bonds. The van der Waals surface area contributed by atoms with Gasteiger partial charge in [-0.05, 0) is 42.5 Å². The van der Waals surface area contributed by atoms with Gasteiger partial charge >= 0.3 is 0 Å². The van der Waals surface area contributed by atoms with Gasteiger partial charge in [0.1, 0.15) is 5.82 Å². The molecule has 1 unspecified atom stereocenters. The predicted octanol–water partition coefficient (Wildman–Crippen LogP) is 3.35. The zero-order valence-electron chi connectivity index (χ0n) is 11.8. The van der Waals surface area contributed by atoms with Gasteiger partial charge in [-0.3, -0.25) is 4.79 Å². The third-order valence-electron chi connectivity index (χ3n) is 4.14. The van der Waals surface area contributed by atoms with Gasteiger partial charge in [0.2, 0.25) is 0 Å². The number of halogens is 1. The van der Waals surface area contributed by atoms with Crippen LogP contribution in [0.2, 0.25) is 0 Å². The first-order valence-electron chi connectivity index (χ1n) is 7.37. The highest BCUT2D eigenvalue weighted by atomic mass is 19.1. The number of benzene rings is 1. The molecule has 0 saturated heterocycles. The van der Waals surface area contributed by atoms with Crippen molar-refractivity contribution < 1.29 is 4.39 Å². The fourth-order valence-corrected chi connectivity index (χ4v) is 2.73. The van der Waals surface area contributed by atoms with Crippen LogP contribution in [0.1, 0.15) is 37.3 Å². The molecular formula is C17H19FN2O. The average Bonchev–Trinajstić information content (AvgIpc) is 3.29. The van der Waals surface area contributed by atoms with E-state index in [0.717, 1.165) is 24.3 Å². The van der Waals surface area contributed by atoms with Crippen molar-refractivity contribution in [1.29, 1.82) is 0 Å². The lowest BCUT2D eigenvalue weighted by atomic mass is 9.99. The van der Waals surface area contributed by atoms with Crippen molar-refractivity contribution in [2.75, 3.05) is 5.73 Å². The summed E-state index contributed by atoms with van der Waals surface area (Å²) in [6.45, 7) is 0. The molecule has 1 aliphatic carbocycles. The van der Waals surface area contributed by atoms with E-state index in [0.29, 0.717) is 0 Å². The summed E-state index contributed by atoms with van der Waals surface area (Å²) in [5.41, 5.74) is 6.66. The van der Waals surface area contributed by atoms with Gasteiger partial charge in [0.05, 0.1) is 11.7 Å². The second-order valence-corrected chi connectivity index (χ2v) is 5.76. The highest BCUT2D eigenvalue weighted by Gasteiger charge is 2.24. The summed E-state index contributed by atoms with van der Waals surface area (Å²) in [4.78, 5) is 12.1. The molecule has 2 aromatic rings. The smallest absolute Gasteiger partial charge is 0.251 e. The number of hydrogen-bond donors (Lipinski definition) is 1. The van der Waals surface area contributed by atoms with E-state index >= 15 is 0 Å². The summed E-state index contributed by atoms with van der Waals surface area (Å²) in [5, 5.41) is 0. The number of nitrogen functional groups attached to an aromatic ring is 1. The van der Waals surface area contributed by atoms with E-state index in [4.69, 9.17) is 5.73 Å². The van der Waals surface area contributed by atoms with Crippen LogP contribution in [0.15, 0.2) is 47.4 Å². The van der Waals surface area contributed by atoms with Gasteiger partial charge in [-0.25, -0.2) is 4.39 Å². The van der Waals surface area contributed by atoms with Gasteiger partial charge in [-0.15, -0.1) is 0 Å². The first-order chi connectivity index (χ1) is 10.1. The maximum Gasteiger partial charge on any atom is 0.251 e. The van der Waals surface area contributed by atoms with E-state index in [1.165, 1.54) is 18.9 Å². The molecule has 1 saturated carbocycles. The quantitative estimate of drug-likeness (QED) is 0.857. The van der Waals surface area contributed by atoms with Gasteiger partial charge in [0, 0.05) is 12.3 Å². The molecule has 1 aliphatic rings. The molecule has 110 valence electrons. The van der Waals surface area contributed by atoms with Crippen molar-refractivity contribution >= 4 is 5.69 Å². The number of aromatic nitrogens is 1. The molecule has 21 heavy (non-hydrogen) atoms. The number of rotatable bonds is 5. The SMILES string of the molecule is Nc1cc(C(CCC2CC2)n2ccccc2=O)ccc1F. The Balaban J connectivity index is 1.96. The summed E-state index contributed by atoms with van der Waals surface area (Å²) in [5.74, 6) is 0.366. The Morgan fingerprint density at radius 1 is 1.29 bits per heavy atom. The van der Waals surface area contributed by atoms with Gasteiger partial charge in [0.15, 0.2) is 0 Å². The third-order valence-corrected chi connectivity index (χ3v) is 4.14. The number of anilines is 1. The molecule has 0 spiro atoms. The Labute approximate surface area is 123 Å². The van der Waals surface area contributed by atoms with Crippen LogP contribution in [-0.4, -0.2) is 4.57 Å². The molecule has 0 radical (unpaired) electrons. The van der Waals surface area contributed by atoms with Gasteiger partial charge in [-0.2, -0.15) is 0 Å². The Bertz CT molecular complexity index is 691. The first-order valence-corrected chi connectivity index (χ1v) is 7.37. The lowest BCUT2D eigenvalue weighted by molar-refractivity contribution is 0.487. The second kappa shape index (κ2) is 5.72. The van der Waals surface area contributed by atoms with E-state index in [2.05, 4.69) is 0 Å². The van der Waals surface area contributed by atoms with Crippen molar-refractivity contribution in [3.8, 4) is 0 Å². The van der Waals surface area contributed by atoms with Crippen molar-refractivity contribution in [3.63, 3.8) is 0 Å². The van der Waals surface area contributed by atoms with Crippen molar-refractivity contribution in [2.45, 2.75) is 31.7 Å². The average molecular weight is 286 g/mol.